The van der Waals surface area contributed by atoms with E-state index in [0.29, 0.717) is 22.3 Å². The molecule has 0 saturated heterocycles. The summed E-state index contributed by atoms with van der Waals surface area (Å²) in [7, 11) is 1.56. The van der Waals surface area contributed by atoms with Crippen molar-refractivity contribution < 1.29 is 9.53 Å². The van der Waals surface area contributed by atoms with E-state index >= 15 is 0 Å². The van der Waals surface area contributed by atoms with Crippen LogP contribution in [0.1, 0.15) is 42.5 Å². The molecule has 104 valence electrons. The molecule has 0 aromatic heterocycles. The van der Waals surface area contributed by atoms with Crippen LogP contribution >= 0.6 is 11.6 Å². The van der Waals surface area contributed by atoms with Crippen molar-refractivity contribution in [1.82, 2.24) is 5.32 Å². The first-order chi connectivity index (χ1) is 9.20. The summed E-state index contributed by atoms with van der Waals surface area (Å²) >= 11 is 5.93. The van der Waals surface area contributed by atoms with Crippen LogP contribution in [0.15, 0.2) is 18.2 Å². The van der Waals surface area contributed by atoms with Gasteiger partial charge in [-0.2, -0.15) is 0 Å². The van der Waals surface area contributed by atoms with Crippen LogP contribution in [-0.4, -0.2) is 19.6 Å². The van der Waals surface area contributed by atoms with E-state index in [1.54, 1.807) is 25.3 Å². The van der Waals surface area contributed by atoms with Gasteiger partial charge in [0.15, 0.2) is 0 Å². The molecule has 1 amide bonds. The second kappa shape index (κ2) is 6.80. The van der Waals surface area contributed by atoms with Crippen molar-refractivity contribution in [1.29, 1.82) is 0 Å². The van der Waals surface area contributed by atoms with Crippen molar-refractivity contribution in [2.45, 2.75) is 32.1 Å². The molecule has 1 aromatic carbocycles. The van der Waals surface area contributed by atoms with Gasteiger partial charge < -0.3 is 10.1 Å². The third-order valence-electron chi connectivity index (χ3n) is 3.68. The molecule has 1 aliphatic carbocycles. The van der Waals surface area contributed by atoms with E-state index in [1.807, 2.05) is 0 Å². The molecule has 0 bridgehead atoms. The number of halogens is 1. The standard InChI is InChI=1S/C15H20ClNO2/c1-19-14-8-7-12(16)9-13(14)15(18)17-10-11-5-3-2-4-6-11/h7-9,11H,2-6,10H2,1H3,(H,17,18). The lowest BCUT2D eigenvalue weighted by atomic mass is 9.89. The van der Waals surface area contributed by atoms with E-state index in [1.165, 1.54) is 32.1 Å². The van der Waals surface area contributed by atoms with Crippen LogP contribution in [0, 0.1) is 5.92 Å². The minimum atomic E-state index is -0.107. The summed E-state index contributed by atoms with van der Waals surface area (Å²) in [6, 6.07) is 5.09. The molecule has 0 radical (unpaired) electrons. The van der Waals surface area contributed by atoms with Gasteiger partial charge in [0.25, 0.3) is 5.91 Å². The molecule has 1 aliphatic rings. The van der Waals surface area contributed by atoms with Crippen molar-refractivity contribution in [3.05, 3.63) is 28.8 Å². The molecule has 0 unspecified atom stereocenters. The molecule has 0 spiro atoms. The van der Waals surface area contributed by atoms with Crippen molar-refractivity contribution in [3.63, 3.8) is 0 Å². The normalized spacial score (nSPS) is 16.1. The monoisotopic (exact) mass is 281 g/mol. The van der Waals surface area contributed by atoms with Crippen LogP contribution in [-0.2, 0) is 0 Å². The van der Waals surface area contributed by atoms with Crippen LogP contribution in [0.2, 0.25) is 5.02 Å². The lowest BCUT2D eigenvalue weighted by Crippen LogP contribution is -2.30. The summed E-state index contributed by atoms with van der Waals surface area (Å²) in [6.45, 7) is 0.745. The van der Waals surface area contributed by atoms with E-state index in [4.69, 9.17) is 16.3 Å². The lowest BCUT2D eigenvalue weighted by Gasteiger charge is -2.22. The van der Waals surface area contributed by atoms with Crippen LogP contribution in [0.5, 0.6) is 5.75 Å². The first kappa shape index (κ1) is 14.2. The fourth-order valence-corrected chi connectivity index (χ4v) is 2.75. The SMILES string of the molecule is COc1ccc(Cl)cc1C(=O)NCC1CCCCC1. The Balaban J connectivity index is 1.97. The largest absolute Gasteiger partial charge is 0.496 e. The van der Waals surface area contributed by atoms with E-state index < -0.39 is 0 Å². The molecule has 0 aliphatic heterocycles. The molecular formula is C15H20ClNO2. The van der Waals surface area contributed by atoms with Crippen molar-refractivity contribution in [2.75, 3.05) is 13.7 Å². The summed E-state index contributed by atoms with van der Waals surface area (Å²) in [5, 5.41) is 3.54. The number of hydrogen-bond acceptors (Lipinski definition) is 2. The maximum atomic E-state index is 12.2. The third-order valence-corrected chi connectivity index (χ3v) is 3.92. The first-order valence-electron chi connectivity index (χ1n) is 6.82. The quantitative estimate of drug-likeness (QED) is 0.915. The molecule has 3 nitrogen and oxygen atoms in total. The second-order valence-electron chi connectivity index (χ2n) is 5.06. The van der Waals surface area contributed by atoms with Gasteiger partial charge >= 0.3 is 0 Å². The van der Waals surface area contributed by atoms with E-state index in [-0.39, 0.29) is 5.91 Å². The van der Waals surface area contributed by atoms with Crippen LogP contribution in [0.4, 0.5) is 0 Å². The number of carbonyl (C=O) groups is 1. The van der Waals surface area contributed by atoms with Crippen LogP contribution in [0.3, 0.4) is 0 Å². The van der Waals surface area contributed by atoms with E-state index in [0.717, 1.165) is 6.54 Å². The fourth-order valence-electron chi connectivity index (χ4n) is 2.58. The summed E-state index contributed by atoms with van der Waals surface area (Å²) in [5.41, 5.74) is 0.505. The number of benzene rings is 1. The topological polar surface area (TPSA) is 38.3 Å². The minimum Gasteiger partial charge on any atom is -0.496 e. The number of hydrogen-bond donors (Lipinski definition) is 1. The Kier molecular flexibility index (Phi) is 5.08. The molecule has 2 rings (SSSR count). The number of ether oxygens (including phenoxy) is 1. The fraction of sp³-hybridized carbons (Fsp3) is 0.533. The highest BCUT2D eigenvalue weighted by Crippen LogP contribution is 2.24. The number of methoxy groups -OCH3 is 1. The predicted octanol–water partition coefficient (Wildman–Crippen LogP) is 3.66. The molecule has 4 heteroatoms. The maximum Gasteiger partial charge on any atom is 0.255 e. The van der Waals surface area contributed by atoms with Gasteiger partial charge in [-0.05, 0) is 37.0 Å². The summed E-state index contributed by atoms with van der Waals surface area (Å²) < 4.78 is 5.19. The molecule has 1 N–H and O–H groups in total. The minimum absolute atomic E-state index is 0.107. The Morgan fingerprint density at radius 1 is 1.37 bits per heavy atom. The van der Waals surface area contributed by atoms with E-state index in [2.05, 4.69) is 5.32 Å². The highest BCUT2D eigenvalue weighted by atomic mass is 35.5. The number of carbonyl (C=O) groups excluding carboxylic acids is 1. The molecule has 0 atom stereocenters. The highest BCUT2D eigenvalue weighted by molar-refractivity contribution is 6.31. The highest BCUT2D eigenvalue weighted by Gasteiger charge is 2.17. The molecule has 19 heavy (non-hydrogen) atoms. The average molecular weight is 282 g/mol. The van der Waals surface area contributed by atoms with Gasteiger partial charge in [0.05, 0.1) is 12.7 Å². The third kappa shape index (κ3) is 3.87. The van der Waals surface area contributed by atoms with Crippen LogP contribution in [0.25, 0.3) is 0 Å². The molecule has 1 aromatic rings. The number of rotatable bonds is 4. The molecule has 0 heterocycles. The van der Waals surface area contributed by atoms with Gasteiger partial charge in [-0.3, -0.25) is 4.79 Å². The maximum absolute atomic E-state index is 12.2. The zero-order valence-corrected chi connectivity index (χ0v) is 12.0. The van der Waals surface area contributed by atoms with Gasteiger partial charge in [0.1, 0.15) is 5.75 Å². The van der Waals surface area contributed by atoms with Gasteiger partial charge in [-0.1, -0.05) is 30.9 Å². The summed E-state index contributed by atoms with van der Waals surface area (Å²) in [4.78, 5) is 12.2. The predicted molar refractivity (Wildman–Crippen MR) is 76.9 cm³/mol. The van der Waals surface area contributed by atoms with Gasteiger partial charge in [0, 0.05) is 11.6 Å². The summed E-state index contributed by atoms with van der Waals surface area (Å²) in [5.74, 6) is 1.07. The van der Waals surface area contributed by atoms with E-state index in [9.17, 15) is 4.79 Å². The van der Waals surface area contributed by atoms with Crippen molar-refractivity contribution in [2.24, 2.45) is 5.92 Å². The smallest absolute Gasteiger partial charge is 0.255 e. The summed E-state index contributed by atoms with van der Waals surface area (Å²) in [6.07, 6.45) is 6.31. The second-order valence-corrected chi connectivity index (χ2v) is 5.50. The average Bonchev–Trinajstić information content (AvgIpc) is 2.46. The lowest BCUT2D eigenvalue weighted by molar-refractivity contribution is 0.0940. The Morgan fingerprint density at radius 3 is 2.79 bits per heavy atom. The van der Waals surface area contributed by atoms with Crippen LogP contribution < -0.4 is 10.1 Å². The Morgan fingerprint density at radius 2 is 2.11 bits per heavy atom. The van der Waals surface area contributed by atoms with Gasteiger partial charge in [0.2, 0.25) is 0 Å². The molecule has 1 saturated carbocycles. The van der Waals surface area contributed by atoms with Gasteiger partial charge in [-0.15, -0.1) is 0 Å². The zero-order chi connectivity index (χ0) is 13.7. The van der Waals surface area contributed by atoms with Gasteiger partial charge in [-0.25, -0.2) is 0 Å². The number of nitrogens with one attached hydrogen (secondary N) is 1. The first-order valence-corrected chi connectivity index (χ1v) is 7.20. The Hall–Kier alpha value is -1.22. The Labute approximate surface area is 119 Å². The molecule has 1 fully saturated rings. The van der Waals surface area contributed by atoms with Crippen molar-refractivity contribution >= 4 is 17.5 Å². The van der Waals surface area contributed by atoms with Crippen molar-refractivity contribution in [3.8, 4) is 5.75 Å². The molecular weight excluding hydrogens is 262 g/mol. The Bertz CT molecular complexity index is 442. The number of amides is 1. The zero-order valence-electron chi connectivity index (χ0n) is 11.2.